The first-order valence-electron chi connectivity index (χ1n) is 7.18. The molecule has 0 aromatic carbocycles. The van der Waals surface area contributed by atoms with Crippen molar-refractivity contribution in [1.82, 2.24) is 15.1 Å². The molecule has 0 radical (unpaired) electrons. The highest BCUT2D eigenvalue weighted by Gasteiger charge is 2.15. The van der Waals surface area contributed by atoms with E-state index in [0.717, 1.165) is 35.8 Å². The van der Waals surface area contributed by atoms with Crippen LogP contribution in [0, 0.1) is 5.92 Å². The summed E-state index contributed by atoms with van der Waals surface area (Å²) < 4.78 is 2.03. The number of hydrogen-bond acceptors (Lipinski definition) is 2. The fraction of sp³-hybridized carbons (Fsp3) is 0.562. The van der Waals surface area contributed by atoms with Gasteiger partial charge in [0.2, 0.25) is 0 Å². The van der Waals surface area contributed by atoms with Crippen LogP contribution in [0.5, 0.6) is 0 Å². The molecule has 2 rings (SSSR count). The molecule has 3 nitrogen and oxygen atoms in total. The van der Waals surface area contributed by atoms with E-state index in [1.165, 1.54) is 12.0 Å². The molecule has 0 saturated carbocycles. The molecule has 1 aromatic heterocycles. The lowest BCUT2D eigenvalue weighted by Crippen LogP contribution is -2.31. The lowest BCUT2D eigenvalue weighted by molar-refractivity contribution is 0.442. The van der Waals surface area contributed by atoms with Crippen molar-refractivity contribution in [2.75, 3.05) is 13.1 Å². The summed E-state index contributed by atoms with van der Waals surface area (Å²) in [6.45, 7) is 19.4. The van der Waals surface area contributed by atoms with Crippen molar-refractivity contribution in [3.05, 3.63) is 28.9 Å². The minimum Gasteiger partial charge on any atom is -0.316 e. The Labute approximate surface area is 116 Å². The van der Waals surface area contributed by atoms with Gasteiger partial charge in [-0.05, 0) is 44.8 Å². The Morgan fingerprint density at radius 3 is 2.68 bits per heavy atom. The topological polar surface area (TPSA) is 29.9 Å². The van der Waals surface area contributed by atoms with Gasteiger partial charge in [0.1, 0.15) is 0 Å². The fourth-order valence-electron chi connectivity index (χ4n) is 2.23. The summed E-state index contributed by atoms with van der Waals surface area (Å²) in [5.41, 5.74) is 2.27. The van der Waals surface area contributed by atoms with Crippen molar-refractivity contribution in [2.24, 2.45) is 5.92 Å². The second-order valence-corrected chi connectivity index (χ2v) is 4.95. The Morgan fingerprint density at radius 1 is 1.47 bits per heavy atom. The number of aromatic nitrogens is 2. The number of nitrogens with one attached hydrogen (secondary N) is 1. The number of rotatable bonds is 3. The summed E-state index contributed by atoms with van der Waals surface area (Å²) in [5, 5.41) is 9.97. The fourth-order valence-corrected chi connectivity index (χ4v) is 2.23. The molecule has 19 heavy (non-hydrogen) atoms. The molecule has 1 unspecified atom stereocenters. The van der Waals surface area contributed by atoms with Crippen molar-refractivity contribution >= 4 is 12.2 Å². The van der Waals surface area contributed by atoms with Gasteiger partial charge in [-0.1, -0.05) is 32.6 Å². The number of nitrogens with zero attached hydrogens (tertiary/aromatic N) is 2. The molecule has 1 aliphatic heterocycles. The van der Waals surface area contributed by atoms with Crippen LogP contribution in [0.4, 0.5) is 0 Å². The van der Waals surface area contributed by atoms with Crippen molar-refractivity contribution in [3.8, 4) is 0 Å². The quantitative estimate of drug-likeness (QED) is 0.897. The Bertz CT molecular complexity index is 519. The molecule has 2 heterocycles. The van der Waals surface area contributed by atoms with Gasteiger partial charge < -0.3 is 5.32 Å². The molecular formula is C16H27N3. The lowest BCUT2D eigenvalue weighted by atomic mass is 10.1. The molecular weight excluding hydrogens is 234 g/mol. The predicted octanol–water partition coefficient (Wildman–Crippen LogP) is 1.68. The summed E-state index contributed by atoms with van der Waals surface area (Å²) >= 11 is 0. The van der Waals surface area contributed by atoms with E-state index in [-0.39, 0.29) is 0 Å². The van der Waals surface area contributed by atoms with Gasteiger partial charge in [-0.25, -0.2) is 0 Å². The standard InChI is InChI=1S/C14H21N3.C2H6/c1-10(2)11(3)14-8-16-17(12(14)4)9-13-5-6-15-7-13;1-2/h8,13,15H,1,4-7,9H2,2-3H3;1-2H3/b14-11-;. The van der Waals surface area contributed by atoms with E-state index in [4.69, 9.17) is 0 Å². The van der Waals surface area contributed by atoms with Gasteiger partial charge in [0.25, 0.3) is 0 Å². The highest BCUT2D eigenvalue weighted by molar-refractivity contribution is 5.59. The van der Waals surface area contributed by atoms with Crippen LogP contribution in [0.15, 0.2) is 18.3 Å². The normalized spacial score (nSPS) is 19.7. The summed E-state index contributed by atoms with van der Waals surface area (Å²) in [4.78, 5) is 0. The highest BCUT2D eigenvalue weighted by atomic mass is 15.3. The molecule has 1 atom stereocenters. The smallest absolute Gasteiger partial charge is 0.0613 e. The maximum atomic E-state index is 4.45. The van der Waals surface area contributed by atoms with Crippen LogP contribution in [0.3, 0.4) is 0 Å². The Kier molecular flexibility index (Phi) is 6.03. The molecule has 1 fully saturated rings. The van der Waals surface area contributed by atoms with Gasteiger partial charge >= 0.3 is 0 Å². The average molecular weight is 261 g/mol. The van der Waals surface area contributed by atoms with Crippen LogP contribution in [0.2, 0.25) is 0 Å². The number of hydrogen-bond donors (Lipinski definition) is 1. The van der Waals surface area contributed by atoms with Crippen molar-refractivity contribution in [3.63, 3.8) is 0 Å². The molecule has 0 amide bonds. The third-order valence-electron chi connectivity index (χ3n) is 3.59. The predicted molar refractivity (Wildman–Crippen MR) is 83.2 cm³/mol. The number of allylic oxidation sites excluding steroid dienone is 1. The summed E-state index contributed by atoms with van der Waals surface area (Å²) in [6.07, 6.45) is 3.15. The van der Waals surface area contributed by atoms with Crippen LogP contribution >= 0.6 is 0 Å². The first-order chi connectivity index (χ1) is 9.09. The summed E-state index contributed by atoms with van der Waals surface area (Å²) in [6, 6.07) is 0. The summed E-state index contributed by atoms with van der Waals surface area (Å²) in [7, 11) is 0. The maximum absolute atomic E-state index is 4.45. The van der Waals surface area contributed by atoms with E-state index >= 15 is 0 Å². The monoisotopic (exact) mass is 261 g/mol. The van der Waals surface area contributed by atoms with Gasteiger partial charge in [0, 0.05) is 11.8 Å². The molecule has 1 N–H and O–H groups in total. The Hall–Kier alpha value is -1.35. The van der Waals surface area contributed by atoms with E-state index in [2.05, 4.69) is 30.5 Å². The third kappa shape index (κ3) is 3.80. The highest BCUT2D eigenvalue weighted by Crippen LogP contribution is 2.08. The zero-order valence-corrected chi connectivity index (χ0v) is 12.8. The van der Waals surface area contributed by atoms with Crippen molar-refractivity contribution < 1.29 is 0 Å². The van der Waals surface area contributed by atoms with Crippen LogP contribution in [-0.2, 0) is 6.54 Å². The molecule has 1 aliphatic rings. The Balaban J connectivity index is 0.000000861. The average Bonchev–Trinajstić information content (AvgIpc) is 3.03. The van der Waals surface area contributed by atoms with Crippen LogP contribution < -0.4 is 15.9 Å². The van der Waals surface area contributed by atoms with Crippen LogP contribution in [0.1, 0.15) is 34.1 Å². The van der Waals surface area contributed by atoms with Crippen molar-refractivity contribution in [2.45, 2.75) is 40.7 Å². The third-order valence-corrected chi connectivity index (χ3v) is 3.59. The van der Waals surface area contributed by atoms with E-state index in [0.29, 0.717) is 5.92 Å². The van der Waals surface area contributed by atoms with E-state index in [1.807, 2.05) is 31.6 Å². The van der Waals surface area contributed by atoms with E-state index < -0.39 is 0 Å². The SMILES string of the molecule is C=C(C)/C(C)=c1/cnn(CC2CCNC2)c1=C.CC. The Morgan fingerprint density at radius 2 is 2.16 bits per heavy atom. The maximum Gasteiger partial charge on any atom is 0.0613 e. The second kappa shape index (κ2) is 7.29. The van der Waals surface area contributed by atoms with E-state index in [9.17, 15) is 0 Å². The summed E-state index contributed by atoms with van der Waals surface area (Å²) in [5.74, 6) is 0.688. The molecule has 0 aliphatic carbocycles. The molecule has 1 saturated heterocycles. The van der Waals surface area contributed by atoms with Crippen LogP contribution in [-0.4, -0.2) is 22.9 Å². The second-order valence-electron chi connectivity index (χ2n) is 4.95. The lowest BCUT2D eigenvalue weighted by Gasteiger charge is -2.08. The molecule has 3 heteroatoms. The zero-order valence-electron chi connectivity index (χ0n) is 12.8. The zero-order chi connectivity index (χ0) is 14.4. The van der Waals surface area contributed by atoms with Crippen molar-refractivity contribution in [1.29, 1.82) is 0 Å². The largest absolute Gasteiger partial charge is 0.316 e. The molecule has 0 bridgehead atoms. The molecule has 1 aromatic rings. The first kappa shape index (κ1) is 15.7. The van der Waals surface area contributed by atoms with Gasteiger partial charge in [0.05, 0.1) is 11.5 Å². The van der Waals surface area contributed by atoms with Gasteiger partial charge in [-0.2, -0.15) is 5.10 Å². The van der Waals surface area contributed by atoms with Crippen LogP contribution in [0.25, 0.3) is 12.2 Å². The molecule has 0 spiro atoms. The molecule has 106 valence electrons. The minimum atomic E-state index is 0.688. The first-order valence-corrected chi connectivity index (χ1v) is 7.18. The van der Waals surface area contributed by atoms with Gasteiger partial charge in [0.15, 0.2) is 0 Å². The van der Waals surface area contributed by atoms with E-state index in [1.54, 1.807) is 0 Å². The minimum absolute atomic E-state index is 0.688. The van der Waals surface area contributed by atoms with Gasteiger partial charge in [-0.15, -0.1) is 0 Å². The van der Waals surface area contributed by atoms with Gasteiger partial charge in [-0.3, -0.25) is 4.68 Å².